The van der Waals surface area contributed by atoms with Crippen LogP contribution in [0, 0.1) is 10.5 Å². The van der Waals surface area contributed by atoms with Crippen molar-refractivity contribution in [2.24, 2.45) is 0 Å². The number of hydrogen-bond acceptors (Lipinski definition) is 1. The van der Waals surface area contributed by atoms with Gasteiger partial charge in [0.2, 0.25) is 0 Å². The average Bonchev–Trinajstić information content (AvgIpc) is 3.30. The Morgan fingerprint density at radius 1 is 1.10 bits per heavy atom. The van der Waals surface area contributed by atoms with Gasteiger partial charge < -0.3 is 5.32 Å². The van der Waals surface area contributed by atoms with Crippen molar-refractivity contribution in [3.05, 3.63) is 68.8 Å². The Bertz CT molecular complexity index is 587. The summed E-state index contributed by atoms with van der Waals surface area (Å²) in [5.74, 6) is 0.562. The van der Waals surface area contributed by atoms with Crippen LogP contribution in [0.2, 0.25) is 0 Å². The molecule has 1 fully saturated rings. The second kappa shape index (κ2) is 6.93. The zero-order chi connectivity index (χ0) is 14.7. The summed E-state index contributed by atoms with van der Waals surface area (Å²) in [5, 5.41) is 3.71. The summed E-state index contributed by atoms with van der Waals surface area (Å²) < 4.78 is 1.31. The van der Waals surface area contributed by atoms with Gasteiger partial charge in [-0.25, -0.2) is 0 Å². The Balaban J connectivity index is 1.77. The van der Waals surface area contributed by atoms with Crippen molar-refractivity contribution in [3.8, 4) is 0 Å². The van der Waals surface area contributed by atoms with Crippen LogP contribution in [0.4, 0.5) is 0 Å². The molecule has 1 atom stereocenters. The van der Waals surface area contributed by atoms with E-state index in [2.05, 4.69) is 83.4 Å². The highest BCUT2D eigenvalue weighted by atomic mass is 127. The van der Waals surface area contributed by atoms with Gasteiger partial charge in [0.1, 0.15) is 0 Å². The van der Waals surface area contributed by atoms with Gasteiger partial charge in [-0.2, -0.15) is 0 Å². The summed E-state index contributed by atoms with van der Waals surface area (Å²) in [4.78, 5) is 0. The second-order valence-electron chi connectivity index (χ2n) is 6.07. The van der Waals surface area contributed by atoms with E-state index in [9.17, 15) is 0 Å². The highest BCUT2D eigenvalue weighted by molar-refractivity contribution is 14.1. The first-order chi connectivity index (χ1) is 10.2. The quantitative estimate of drug-likeness (QED) is 0.706. The average molecular weight is 391 g/mol. The fourth-order valence-corrected chi connectivity index (χ4v) is 3.20. The summed E-state index contributed by atoms with van der Waals surface area (Å²) in [6.45, 7) is 3.31. The number of nitrogens with one attached hydrogen (secondary N) is 1. The lowest BCUT2D eigenvalue weighted by Gasteiger charge is -2.20. The zero-order valence-corrected chi connectivity index (χ0v) is 14.6. The summed E-state index contributed by atoms with van der Waals surface area (Å²) in [5.41, 5.74) is 4.33. The van der Waals surface area contributed by atoms with Gasteiger partial charge in [0.15, 0.2) is 0 Å². The molecule has 0 heterocycles. The molecule has 1 unspecified atom stereocenters. The number of halogens is 1. The van der Waals surface area contributed by atoms with Crippen molar-refractivity contribution in [3.63, 3.8) is 0 Å². The summed E-state index contributed by atoms with van der Waals surface area (Å²) in [7, 11) is 0. The SMILES string of the molecule is Cc1ccccc1C(CNC1CC1)Cc1ccc(I)cc1. The van der Waals surface area contributed by atoms with Crippen molar-refractivity contribution in [2.45, 2.75) is 38.1 Å². The molecule has 0 amide bonds. The molecule has 21 heavy (non-hydrogen) atoms. The van der Waals surface area contributed by atoms with E-state index in [4.69, 9.17) is 0 Å². The fraction of sp³-hybridized carbons (Fsp3) is 0.368. The summed E-state index contributed by atoms with van der Waals surface area (Å²) in [6, 6.07) is 18.5. The van der Waals surface area contributed by atoms with Crippen LogP contribution < -0.4 is 5.32 Å². The second-order valence-corrected chi connectivity index (χ2v) is 7.31. The first-order valence-corrected chi connectivity index (χ1v) is 8.83. The molecule has 0 bridgehead atoms. The molecule has 110 valence electrons. The van der Waals surface area contributed by atoms with Crippen molar-refractivity contribution in [1.82, 2.24) is 5.32 Å². The molecule has 0 aliphatic heterocycles. The molecule has 2 aromatic carbocycles. The predicted octanol–water partition coefficient (Wildman–Crippen LogP) is 4.68. The van der Waals surface area contributed by atoms with E-state index >= 15 is 0 Å². The Labute approximate surface area is 141 Å². The summed E-state index contributed by atoms with van der Waals surface area (Å²) in [6.07, 6.45) is 3.82. The molecule has 1 aliphatic rings. The molecule has 0 saturated heterocycles. The van der Waals surface area contributed by atoms with Crippen molar-refractivity contribution in [2.75, 3.05) is 6.54 Å². The van der Waals surface area contributed by atoms with Crippen LogP contribution in [0.1, 0.15) is 35.4 Å². The fourth-order valence-electron chi connectivity index (χ4n) is 2.84. The van der Waals surface area contributed by atoms with Crippen LogP contribution in [0.5, 0.6) is 0 Å². The lowest BCUT2D eigenvalue weighted by molar-refractivity contribution is 0.575. The van der Waals surface area contributed by atoms with Gasteiger partial charge in [0, 0.05) is 22.1 Å². The van der Waals surface area contributed by atoms with Gasteiger partial charge in [-0.05, 0) is 77.6 Å². The summed E-state index contributed by atoms with van der Waals surface area (Å²) >= 11 is 2.37. The Hall–Kier alpha value is -0.870. The molecular weight excluding hydrogens is 369 g/mol. The Kier molecular flexibility index (Phi) is 4.96. The molecule has 1 nitrogen and oxygen atoms in total. The third-order valence-electron chi connectivity index (χ3n) is 4.25. The van der Waals surface area contributed by atoms with Crippen molar-refractivity contribution < 1.29 is 0 Å². The van der Waals surface area contributed by atoms with Gasteiger partial charge in [-0.1, -0.05) is 36.4 Å². The van der Waals surface area contributed by atoms with Gasteiger partial charge in [0.05, 0.1) is 0 Å². The maximum Gasteiger partial charge on any atom is 0.0130 e. The van der Waals surface area contributed by atoms with Gasteiger partial charge in [-0.3, -0.25) is 0 Å². The normalized spacial score (nSPS) is 15.9. The molecule has 1 saturated carbocycles. The topological polar surface area (TPSA) is 12.0 Å². The molecule has 0 aromatic heterocycles. The minimum absolute atomic E-state index is 0.562. The minimum atomic E-state index is 0.562. The van der Waals surface area contributed by atoms with E-state index in [1.54, 1.807) is 0 Å². The molecule has 3 rings (SSSR count). The van der Waals surface area contributed by atoms with Crippen molar-refractivity contribution >= 4 is 22.6 Å². The van der Waals surface area contributed by atoms with E-state index in [0.29, 0.717) is 5.92 Å². The maximum absolute atomic E-state index is 3.71. The third-order valence-corrected chi connectivity index (χ3v) is 4.97. The predicted molar refractivity (Wildman–Crippen MR) is 97.8 cm³/mol. The zero-order valence-electron chi connectivity index (χ0n) is 12.5. The molecule has 2 heteroatoms. The number of aryl methyl sites for hydroxylation is 1. The third kappa shape index (κ3) is 4.30. The molecule has 1 aliphatic carbocycles. The van der Waals surface area contributed by atoms with E-state index in [-0.39, 0.29) is 0 Å². The standard InChI is InChI=1S/C19H22IN/c1-14-4-2-3-5-19(14)16(13-21-18-10-11-18)12-15-6-8-17(20)9-7-15/h2-9,16,18,21H,10-13H2,1H3. The van der Waals surface area contributed by atoms with E-state index in [1.807, 2.05) is 0 Å². The van der Waals surface area contributed by atoms with E-state index in [1.165, 1.54) is 33.1 Å². The Morgan fingerprint density at radius 3 is 2.48 bits per heavy atom. The molecule has 0 radical (unpaired) electrons. The smallest absolute Gasteiger partial charge is 0.0130 e. The Morgan fingerprint density at radius 2 is 1.81 bits per heavy atom. The van der Waals surface area contributed by atoms with Crippen LogP contribution in [-0.4, -0.2) is 12.6 Å². The van der Waals surface area contributed by atoms with Crippen LogP contribution in [0.15, 0.2) is 48.5 Å². The number of hydrogen-bond donors (Lipinski definition) is 1. The van der Waals surface area contributed by atoms with Crippen LogP contribution >= 0.6 is 22.6 Å². The first-order valence-electron chi connectivity index (χ1n) is 7.76. The lowest BCUT2D eigenvalue weighted by atomic mass is 9.89. The monoisotopic (exact) mass is 391 g/mol. The highest BCUT2D eigenvalue weighted by Crippen LogP contribution is 2.26. The van der Waals surface area contributed by atoms with Crippen molar-refractivity contribution in [1.29, 1.82) is 0 Å². The molecule has 2 aromatic rings. The van der Waals surface area contributed by atoms with Crippen LogP contribution in [0.25, 0.3) is 0 Å². The lowest BCUT2D eigenvalue weighted by Crippen LogP contribution is -2.25. The first kappa shape index (κ1) is 15.0. The largest absolute Gasteiger partial charge is 0.313 e. The molecule has 1 N–H and O–H groups in total. The molecule has 0 spiro atoms. The minimum Gasteiger partial charge on any atom is -0.313 e. The number of rotatable bonds is 6. The maximum atomic E-state index is 3.71. The van der Waals surface area contributed by atoms with E-state index < -0.39 is 0 Å². The highest BCUT2D eigenvalue weighted by Gasteiger charge is 2.23. The van der Waals surface area contributed by atoms with Gasteiger partial charge >= 0.3 is 0 Å². The van der Waals surface area contributed by atoms with Crippen LogP contribution in [-0.2, 0) is 6.42 Å². The van der Waals surface area contributed by atoms with Gasteiger partial charge in [0.25, 0.3) is 0 Å². The van der Waals surface area contributed by atoms with Crippen LogP contribution in [0.3, 0.4) is 0 Å². The molecular formula is C19H22IN. The van der Waals surface area contributed by atoms with Gasteiger partial charge in [-0.15, -0.1) is 0 Å². The number of benzene rings is 2. The van der Waals surface area contributed by atoms with E-state index in [0.717, 1.165) is 19.0 Å².